The van der Waals surface area contributed by atoms with Crippen LogP contribution in [0.25, 0.3) is 0 Å². The highest BCUT2D eigenvalue weighted by Crippen LogP contribution is 2.22. The van der Waals surface area contributed by atoms with Gasteiger partial charge in [0.1, 0.15) is 0 Å². The Balaban J connectivity index is 1.68. The van der Waals surface area contributed by atoms with E-state index in [1.807, 2.05) is 41.0 Å². The summed E-state index contributed by atoms with van der Waals surface area (Å²) >= 11 is 0. The van der Waals surface area contributed by atoms with Crippen molar-refractivity contribution in [1.82, 2.24) is 9.80 Å². The fourth-order valence-electron chi connectivity index (χ4n) is 3.77. The number of hydrogen-bond donors (Lipinski definition) is 1. The molecule has 5 heteroatoms. The Morgan fingerprint density at radius 2 is 1.96 bits per heavy atom. The Hall–Kier alpha value is -1.88. The lowest BCUT2D eigenvalue weighted by molar-refractivity contribution is -0.128. The van der Waals surface area contributed by atoms with Crippen molar-refractivity contribution >= 4 is 11.8 Å². The fraction of sp³-hybridized carbons (Fsp3) is 0.579. The Kier molecular flexibility index (Phi) is 5.19. The average Bonchev–Trinajstić information content (AvgIpc) is 3.00. The minimum absolute atomic E-state index is 0.00491. The van der Waals surface area contributed by atoms with E-state index in [0.717, 1.165) is 44.3 Å². The lowest BCUT2D eigenvalue weighted by Crippen LogP contribution is -2.51. The summed E-state index contributed by atoms with van der Waals surface area (Å²) in [5.41, 5.74) is 7.85. The zero-order chi connectivity index (χ0) is 17.1. The topological polar surface area (TPSA) is 66.6 Å². The van der Waals surface area contributed by atoms with E-state index in [9.17, 15) is 9.59 Å². The van der Waals surface area contributed by atoms with Gasteiger partial charge in [-0.15, -0.1) is 0 Å². The number of likely N-dealkylation sites (tertiary alicyclic amines) is 2. The van der Waals surface area contributed by atoms with E-state index in [1.54, 1.807) is 0 Å². The molecule has 0 saturated carbocycles. The number of piperidine rings is 1. The van der Waals surface area contributed by atoms with Gasteiger partial charge in [0.2, 0.25) is 5.91 Å². The maximum absolute atomic E-state index is 12.8. The molecule has 2 aliphatic heterocycles. The number of rotatable bonds is 4. The molecule has 2 saturated heterocycles. The van der Waals surface area contributed by atoms with Crippen LogP contribution in [0.3, 0.4) is 0 Å². The monoisotopic (exact) mass is 329 g/mol. The first kappa shape index (κ1) is 17.0. The quantitative estimate of drug-likeness (QED) is 0.920. The number of carbonyl (C=O) groups excluding carboxylic acids is 2. The highest BCUT2D eigenvalue weighted by atomic mass is 16.2. The molecule has 24 heavy (non-hydrogen) atoms. The summed E-state index contributed by atoms with van der Waals surface area (Å²) in [7, 11) is 0. The summed E-state index contributed by atoms with van der Waals surface area (Å²) < 4.78 is 0. The van der Waals surface area contributed by atoms with Crippen molar-refractivity contribution < 1.29 is 9.59 Å². The van der Waals surface area contributed by atoms with E-state index in [4.69, 9.17) is 5.73 Å². The summed E-state index contributed by atoms with van der Waals surface area (Å²) in [4.78, 5) is 28.4. The molecule has 0 unspecified atom stereocenters. The number of carbonyl (C=O) groups is 2. The third-order valence-corrected chi connectivity index (χ3v) is 5.16. The smallest absolute Gasteiger partial charge is 0.254 e. The fourth-order valence-corrected chi connectivity index (χ4v) is 3.77. The van der Waals surface area contributed by atoms with Gasteiger partial charge in [0.15, 0.2) is 0 Å². The number of nitrogens with zero attached hydrogens (tertiary/aromatic N) is 2. The van der Waals surface area contributed by atoms with Gasteiger partial charge in [-0.05, 0) is 50.3 Å². The van der Waals surface area contributed by atoms with E-state index in [1.165, 1.54) is 0 Å². The molecule has 0 spiro atoms. The number of amides is 2. The first-order valence-electron chi connectivity index (χ1n) is 8.99. The van der Waals surface area contributed by atoms with Crippen LogP contribution < -0.4 is 5.73 Å². The normalized spacial score (nSPS) is 22.8. The molecule has 2 fully saturated rings. The minimum Gasteiger partial charge on any atom is -0.338 e. The molecule has 2 aliphatic rings. The van der Waals surface area contributed by atoms with Crippen molar-refractivity contribution in [2.24, 2.45) is 5.73 Å². The van der Waals surface area contributed by atoms with Crippen LogP contribution in [0.4, 0.5) is 0 Å². The van der Waals surface area contributed by atoms with Gasteiger partial charge in [-0.2, -0.15) is 0 Å². The average molecular weight is 329 g/mol. The molecular weight excluding hydrogens is 302 g/mol. The molecule has 0 bridgehead atoms. The number of hydrogen-bond acceptors (Lipinski definition) is 3. The molecule has 0 aromatic heterocycles. The van der Waals surface area contributed by atoms with E-state index in [-0.39, 0.29) is 23.9 Å². The predicted molar refractivity (Wildman–Crippen MR) is 93.4 cm³/mol. The molecule has 0 radical (unpaired) electrons. The zero-order valence-corrected chi connectivity index (χ0v) is 14.4. The van der Waals surface area contributed by atoms with Crippen LogP contribution in [0.5, 0.6) is 0 Å². The van der Waals surface area contributed by atoms with Crippen LogP contribution >= 0.6 is 0 Å². The molecule has 1 aromatic rings. The second-order valence-corrected chi connectivity index (χ2v) is 7.04. The standard InChI is InChI=1S/C19H27N3O2/c1-14(20)17-5-2-3-12-22(17)19(24)16-9-7-15(8-10-16)13-21-11-4-6-18(21)23/h7-10,14,17H,2-6,11-13,20H2,1H3/t14-,17-/m1/s1. The molecule has 1 aromatic carbocycles. The van der Waals surface area contributed by atoms with E-state index >= 15 is 0 Å². The van der Waals surface area contributed by atoms with Crippen molar-refractivity contribution in [3.05, 3.63) is 35.4 Å². The highest BCUT2D eigenvalue weighted by Gasteiger charge is 2.29. The van der Waals surface area contributed by atoms with Gasteiger partial charge < -0.3 is 15.5 Å². The minimum atomic E-state index is -0.00491. The predicted octanol–water partition coefficient (Wildman–Crippen LogP) is 2.15. The molecular formula is C19H27N3O2. The van der Waals surface area contributed by atoms with Crippen LogP contribution in [-0.2, 0) is 11.3 Å². The van der Waals surface area contributed by atoms with Gasteiger partial charge >= 0.3 is 0 Å². The van der Waals surface area contributed by atoms with E-state index < -0.39 is 0 Å². The molecule has 2 heterocycles. The van der Waals surface area contributed by atoms with E-state index in [2.05, 4.69) is 0 Å². The maximum Gasteiger partial charge on any atom is 0.254 e. The SMILES string of the molecule is C[C@@H](N)[C@H]1CCCCN1C(=O)c1ccc(CN2CCCC2=O)cc1. The molecule has 2 amide bonds. The van der Waals surface area contributed by atoms with Crippen molar-refractivity contribution in [2.75, 3.05) is 13.1 Å². The summed E-state index contributed by atoms with van der Waals surface area (Å²) in [6, 6.07) is 7.81. The van der Waals surface area contributed by atoms with Crippen molar-refractivity contribution in [3.8, 4) is 0 Å². The largest absolute Gasteiger partial charge is 0.338 e. The Bertz CT molecular complexity index is 597. The lowest BCUT2D eigenvalue weighted by Gasteiger charge is -2.38. The second kappa shape index (κ2) is 7.34. The molecule has 3 rings (SSSR count). The van der Waals surface area contributed by atoms with Crippen LogP contribution in [0.15, 0.2) is 24.3 Å². The molecule has 2 atom stereocenters. The van der Waals surface area contributed by atoms with Gasteiger partial charge in [-0.25, -0.2) is 0 Å². The molecule has 2 N–H and O–H groups in total. The lowest BCUT2D eigenvalue weighted by atomic mass is 9.96. The third kappa shape index (κ3) is 3.61. The van der Waals surface area contributed by atoms with Gasteiger partial charge in [0.05, 0.1) is 0 Å². The Labute approximate surface area is 143 Å². The molecule has 5 nitrogen and oxygen atoms in total. The summed E-state index contributed by atoms with van der Waals surface area (Å²) in [5, 5.41) is 0. The Morgan fingerprint density at radius 3 is 2.58 bits per heavy atom. The van der Waals surface area contributed by atoms with Gasteiger partial charge in [0.25, 0.3) is 5.91 Å². The second-order valence-electron chi connectivity index (χ2n) is 7.04. The van der Waals surface area contributed by atoms with Gasteiger partial charge in [0, 0.05) is 43.7 Å². The van der Waals surface area contributed by atoms with Gasteiger partial charge in [-0.1, -0.05) is 12.1 Å². The first-order chi connectivity index (χ1) is 11.6. The van der Waals surface area contributed by atoms with Crippen molar-refractivity contribution in [3.63, 3.8) is 0 Å². The van der Waals surface area contributed by atoms with Crippen LogP contribution in [0, 0.1) is 0 Å². The summed E-state index contributed by atoms with van der Waals surface area (Å²) in [5.74, 6) is 0.295. The van der Waals surface area contributed by atoms with Crippen molar-refractivity contribution in [1.29, 1.82) is 0 Å². The molecule has 130 valence electrons. The highest BCUT2D eigenvalue weighted by molar-refractivity contribution is 5.94. The van der Waals surface area contributed by atoms with Crippen LogP contribution in [0.1, 0.15) is 54.9 Å². The summed E-state index contributed by atoms with van der Waals surface area (Å²) in [6.45, 7) is 4.24. The third-order valence-electron chi connectivity index (χ3n) is 5.16. The van der Waals surface area contributed by atoms with Crippen LogP contribution in [-0.4, -0.2) is 46.8 Å². The Morgan fingerprint density at radius 1 is 1.21 bits per heavy atom. The number of nitrogens with two attached hydrogens (primary N) is 1. The number of benzene rings is 1. The summed E-state index contributed by atoms with van der Waals surface area (Å²) in [6.07, 6.45) is 4.77. The van der Waals surface area contributed by atoms with Gasteiger partial charge in [-0.3, -0.25) is 9.59 Å². The van der Waals surface area contributed by atoms with Crippen molar-refractivity contribution in [2.45, 2.75) is 57.7 Å². The maximum atomic E-state index is 12.8. The molecule has 0 aliphatic carbocycles. The van der Waals surface area contributed by atoms with Crippen LogP contribution in [0.2, 0.25) is 0 Å². The first-order valence-corrected chi connectivity index (χ1v) is 8.99. The zero-order valence-electron chi connectivity index (χ0n) is 14.4. The van der Waals surface area contributed by atoms with E-state index in [0.29, 0.717) is 18.5 Å².